The zero-order valence-electron chi connectivity index (χ0n) is 11.3. The third-order valence-corrected chi connectivity index (χ3v) is 3.50. The second kappa shape index (κ2) is 4.55. The lowest BCUT2D eigenvalue weighted by Crippen LogP contribution is -2.04. The Morgan fingerprint density at radius 1 is 1.21 bits per heavy atom. The van der Waals surface area contributed by atoms with Gasteiger partial charge in [-0.2, -0.15) is 5.10 Å². The van der Waals surface area contributed by atoms with Crippen molar-refractivity contribution in [1.29, 1.82) is 0 Å². The van der Waals surface area contributed by atoms with Crippen LogP contribution in [0.5, 0.6) is 0 Å². The lowest BCUT2D eigenvalue weighted by Gasteiger charge is -2.06. The topological polar surface area (TPSA) is 48.8 Å². The summed E-state index contributed by atoms with van der Waals surface area (Å²) in [5, 5.41) is 5.62. The minimum atomic E-state index is 0.585. The first kappa shape index (κ1) is 12.0. The summed E-state index contributed by atoms with van der Waals surface area (Å²) in [6, 6.07) is 10.6. The van der Waals surface area contributed by atoms with E-state index in [2.05, 4.69) is 46.2 Å². The van der Waals surface area contributed by atoms with Crippen LogP contribution in [0.3, 0.4) is 0 Å². The number of aromatic nitrogens is 3. The van der Waals surface area contributed by atoms with E-state index in [0.29, 0.717) is 6.54 Å². The summed E-state index contributed by atoms with van der Waals surface area (Å²) >= 11 is 0. The van der Waals surface area contributed by atoms with Gasteiger partial charge in [-0.15, -0.1) is 0 Å². The predicted octanol–water partition coefficient (Wildman–Crippen LogP) is 2.19. The van der Waals surface area contributed by atoms with E-state index >= 15 is 0 Å². The van der Waals surface area contributed by atoms with E-state index in [4.69, 9.17) is 5.73 Å². The zero-order chi connectivity index (χ0) is 13.4. The van der Waals surface area contributed by atoms with E-state index < -0.39 is 0 Å². The average Bonchev–Trinajstić information content (AvgIpc) is 2.93. The van der Waals surface area contributed by atoms with Crippen molar-refractivity contribution in [2.24, 2.45) is 12.8 Å². The lowest BCUT2D eigenvalue weighted by molar-refractivity contribution is 0.673. The first-order valence-corrected chi connectivity index (χ1v) is 6.45. The van der Waals surface area contributed by atoms with Crippen LogP contribution in [0.4, 0.5) is 0 Å². The molecule has 3 rings (SSSR count). The third kappa shape index (κ3) is 2.15. The van der Waals surface area contributed by atoms with Crippen molar-refractivity contribution in [3.63, 3.8) is 0 Å². The van der Waals surface area contributed by atoms with Gasteiger partial charge in [0.15, 0.2) is 0 Å². The van der Waals surface area contributed by atoms with Crippen molar-refractivity contribution in [2.45, 2.75) is 20.0 Å². The molecular weight excluding hydrogens is 236 g/mol. The number of rotatable bonds is 3. The van der Waals surface area contributed by atoms with Gasteiger partial charge in [-0.25, -0.2) is 0 Å². The summed E-state index contributed by atoms with van der Waals surface area (Å²) in [5.41, 5.74) is 10.3. The highest BCUT2D eigenvalue weighted by molar-refractivity contribution is 5.81. The van der Waals surface area contributed by atoms with Crippen LogP contribution in [0.25, 0.3) is 10.9 Å². The van der Waals surface area contributed by atoms with Crippen LogP contribution in [-0.4, -0.2) is 14.3 Å². The van der Waals surface area contributed by atoms with E-state index in [9.17, 15) is 0 Å². The fourth-order valence-corrected chi connectivity index (χ4v) is 2.50. The van der Waals surface area contributed by atoms with Crippen molar-refractivity contribution in [1.82, 2.24) is 14.3 Å². The molecule has 2 heterocycles. The van der Waals surface area contributed by atoms with Crippen LogP contribution in [0.2, 0.25) is 0 Å². The zero-order valence-corrected chi connectivity index (χ0v) is 11.3. The van der Waals surface area contributed by atoms with Gasteiger partial charge in [0.25, 0.3) is 0 Å². The van der Waals surface area contributed by atoms with Gasteiger partial charge in [-0.3, -0.25) is 4.68 Å². The maximum atomic E-state index is 5.68. The molecule has 0 radical (unpaired) electrons. The van der Waals surface area contributed by atoms with Crippen LogP contribution in [0, 0.1) is 6.92 Å². The number of nitrogens with zero attached hydrogens (tertiary/aromatic N) is 3. The highest BCUT2D eigenvalue weighted by Gasteiger charge is 2.06. The predicted molar refractivity (Wildman–Crippen MR) is 76.9 cm³/mol. The Morgan fingerprint density at radius 2 is 2.05 bits per heavy atom. The molecule has 4 nitrogen and oxygen atoms in total. The molecule has 3 aromatic rings. The summed E-state index contributed by atoms with van der Waals surface area (Å²) in [6.07, 6.45) is 2.12. The summed E-state index contributed by atoms with van der Waals surface area (Å²) in [6.45, 7) is 3.44. The van der Waals surface area contributed by atoms with E-state index in [1.807, 2.05) is 18.7 Å². The Kier molecular flexibility index (Phi) is 2.87. The quantitative estimate of drug-likeness (QED) is 0.779. The van der Waals surface area contributed by atoms with Crippen molar-refractivity contribution >= 4 is 10.9 Å². The highest BCUT2D eigenvalue weighted by Crippen LogP contribution is 2.19. The molecule has 0 fully saturated rings. The normalized spacial score (nSPS) is 11.3. The highest BCUT2D eigenvalue weighted by atomic mass is 15.3. The van der Waals surface area contributed by atoms with Crippen LogP contribution in [0.15, 0.2) is 36.5 Å². The molecule has 1 aromatic carbocycles. The Bertz CT molecular complexity index is 721. The molecule has 98 valence electrons. The first-order valence-electron chi connectivity index (χ1n) is 6.45. The largest absolute Gasteiger partial charge is 0.341 e. The minimum absolute atomic E-state index is 0.585. The molecule has 0 saturated heterocycles. The van der Waals surface area contributed by atoms with Crippen LogP contribution >= 0.6 is 0 Å². The third-order valence-electron chi connectivity index (χ3n) is 3.50. The van der Waals surface area contributed by atoms with Gasteiger partial charge in [-0.05, 0) is 42.1 Å². The summed E-state index contributed by atoms with van der Waals surface area (Å²) in [4.78, 5) is 0. The monoisotopic (exact) mass is 254 g/mol. The van der Waals surface area contributed by atoms with Gasteiger partial charge in [-0.1, -0.05) is 6.07 Å². The minimum Gasteiger partial charge on any atom is -0.341 e. The number of aryl methyl sites for hydroxylation is 2. The molecule has 0 aliphatic carbocycles. The number of nitrogens with two attached hydrogens (primary N) is 1. The molecular formula is C15H18N4. The second-order valence-corrected chi connectivity index (χ2v) is 4.94. The van der Waals surface area contributed by atoms with Gasteiger partial charge in [0.05, 0.1) is 17.9 Å². The average molecular weight is 254 g/mol. The Balaban J connectivity index is 1.99. The van der Waals surface area contributed by atoms with Crippen molar-refractivity contribution < 1.29 is 0 Å². The van der Waals surface area contributed by atoms with Crippen LogP contribution in [0.1, 0.15) is 17.0 Å². The van der Waals surface area contributed by atoms with E-state index in [-0.39, 0.29) is 0 Å². The number of fused-ring (bicyclic) bond motifs is 1. The maximum Gasteiger partial charge on any atom is 0.0645 e. The molecule has 19 heavy (non-hydrogen) atoms. The Morgan fingerprint density at radius 3 is 2.74 bits per heavy atom. The van der Waals surface area contributed by atoms with E-state index in [0.717, 1.165) is 12.2 Å². The molecule has 0 amide bonds. The van der Waals surface area contributed by atoms with Crippen LogP contribution < -0.4 is 5.73 Å². The van der Waals surface area contributed by atoms with E-state index in [1.54, 1.807) is 0 Å². The number of hydrogen-bond donors (Lipinski definition) is 1. The fraction of sp³-hybridized carbons (Fsp3) is 0.267. The lowest BCUT2D eigenvalue weighted by atomic mass is 10.1. The van der Waals surface area contributed by atoms with E-state index in [1.165, 1.54) is 22.2 Å². The molecule has 0 atom stereocenters. The summed E-state index contributed by atoms with van der Waals surface area (Å²) in [7, 11) is 1.99. The van der Waals surface area contributed by atoms with Gasteiger partial charge < -0.3 is 10.3 Å². The summed E-state index contributed by atoms with van der Waals surface area (Å²) < 4.78 is 4.18. The molecule has 0 spiro atoms. The number of hydrogen-bond acceptors (Lipinski definition) is 2. The van der Waals surface area contributed by atoms with Crippen molar-refractivity contribution in [2.75, 3.05) is 0 Å². The van der Waals surface area contributed by atoms with Crippen molar-refractivity contribution in [3.8, 4) is 0 Å². The fourth-order valence-electron chi connectivity index (χ4n) is 2.50. The molecule has 0 aliphatic heterocycles. The molecule has 2 N–H and O–H groups in total. The second-order valence-electron chi connectivity index (χ2n) is 4.94. The van der Waals surface area contributed by atoms with Crippen LogP contribution in [-0.2, 0) is 20.1 Å². The first-order chi connectivity index (χ1) is 9.17. The Labute approximate surface area is 112 Å². The van der Waals surface area contributed by atoms with Gasteiger partial charge in [0.2, 0.25) is 0 Å². The van der Waals surface area contributed by atoms with Gasteiger partial charge in [0, 0.05) is 25.3 Å². The van der Waals surface area contributed by atoms with Gasteiger partial charge >= 0.3 is 0 Å². The standard InChI is InChI=1S/C15H18N4/c1-11-7-14(18(2)17-11)10-19-6-5-13-8-12(9-16)3-4-15(13)19/h3-8H,9-10,16H2,1-2H3. The molecule has 2 aromatic heterocycles. The maximum absolute atomic E-state index is 5.68. The molecule has 0 unspecified atom stereocenters. The van der Waals surface area contributed by atoms with Crippen molar-refractivity contribution in [3.05, 3.63) is 53.5 Å². The smallest absolute Gasteiger partial charge is 0.0645 e. The van der Waals surface area contributed by atoms with Gasteiger partial charge in [0.1, 0.15) is 0 Å². The molecule has 0 aliphatic rings. The Hall–Kier alpha value is -2.07. The molecule has 4 heteroatoms. The summed E-state index contributed by atoms with van der Waals surface area (Å²) in [5.74, 6) is 0. The molecule has 0 saturated carbocycles. The SMILES string of the molecule is Cc1cc(Cn2ccc3cc(CN)ccc32)n(C)n1. The molecule has 0 bridgehead atoms. The number of benzene rings is 1.